The molecule has 0 atom stereocenters. The molecule has 0 unspecified atom stereocenters. The average Bonchev–Trinajstić information content (AvgIpc) is 1.62. The first kappa shape index (κ1) is 82.0. The second-order valence-corrected chi connectivity index (χ2v) is 29.5. The monoisotopic (exact) mass is 1440 g/mol. The van der Waals surface area contributed by atoms with Crippen LogP contribution < -0.4 is 0 Å². The third-order valence-electron chi connectivity index (χ3n) is 19.7. The van der Waals surface area contributed by atoms with Gasteiger partial charge in [0.15, 0.2) is 0 Å². The summed E-state index contributed by atoms with van der Waals surface area (Å²) in [6.07, 6.45) is 0. The van der Waals surface area contributed by atoms with Gasteiger partial charge in [0, 0.05) is 57.7 Å². The molecule has 0 aliphatic carbocycles. The van der Waals surface area contributed by atoms with Crippen LogP contribution >= 0.6 is 0 Å². The molecule has 17 rings (SSSR count). The molecule has 0 saturated heterocycles. The SMILES string of the molecule is Cc1ccc(-c2ccc(C)cc2)cc1.Cc1ccc(-c2cccc(C)c2)cc1.Cc1ccc(-c2ccccc2C)cc1.Cc1ccc(C)cc1.Cc1ccc2c(c1)c1ccccc1n2C.Cc1ccc2c3ccccc3n(C)c2c1.Cc1cccc(-c2cccc(C)c2)c1.Cc1cccc(C)c1.Cc1ccccc1C. The highest BCUT2D eigenvalue weighted by molar-refractivity contribution is 6.09. The summed E-state index contributed by atoms with van der Waals surface area (Å²) in [5.74, 6) is 0. The van der Waals surface area contributed by atoms with Crippen LogP contribution in [0.25, 0.3) is 88.1 Å². The van der Waals surface area contributed by atoms with Crippen LogP contribution in [0, 0.1) is 111 Å². The third-order valence-corrected chi connectivity index (χ3v) is 19.7. The van der Waals surface area contributed by atoms with Crippen LogP contribution in [-0.4, -0.2) is 9.13 Å². The lowest BCUT2D eigenvalue weighted by Gasteiger charge is -2.05. The smallest absolute Gasteiger partial charge is 0.0491 e. The minimum Gasteiger partial charge on any atom is -0.344 e. The topological polar surface area (TPSA) is 9.86 Å². The summed E-state index contributed by atoms with van der Waals surface area (Å²) in [5.41, 5.74) is 36.8. The van der Waals surface area contributed by atoms with Crippen LogP contribution in [0.4, 0.5) is 0 Å². The van der Waals surface area contributed by atoms with Crippen molar-refractivity contribution >= 4 is 43.6 Å². The van der Waals surface area contributed by atoms with Gasteiger partial charge in [0.2, 0.25) is 0 Å². The maximum Gasteiger partial charge on any atom is 0.0491 e. The summed E-state index contributed by atoms with van der Waals surface area (Å²) in [4.78, 5) is 0. The van der Waals surface area contributed by atoms with E-state index in [1.54, 1.807) is 0 Å². The van der Waals surface area contributed by atoms with Crippen LogP contribution in [0.3, 0.4) is 0 Å². The summed E-state index contributed by atoms with van der Waals surface area (Å²) in [5, 5.41) is 5.39. The van der Waals surface area contributed by atoms with E-state index in [0.29, 0.717) is 0 Å². The Morgan fingerprint density at radius 2 is 0.409 bits per heavy atom. The molecule has 0 aliphatic heterocycles. The zero-order chi connectivity index (χ0) is 78.6. The lowest BCUT2D eigenvalue weighted by molar-refractivity contribution is 1.01. The van der Waals surface area contributed by atoms with Crippen molar-refractivity contribution in [3.63, 3.8) is 0 Å². The van der Waals surface area contributed by atoms with Crippen molar-refractivity contribution in [1.29, 1.82) is 0 Å². The van der Waals surface area contributed by atoms with Gasteiger partial charge in [-0.25, -0.2) is 0 Å². The van der Waals surface area contributed by atoms with Crippen molar-refractivity contribution in [1.82, 2.24) is 9.13 Å². The molecular weight excluding hydrogens is 1330 g/mol. The second-order valence-electron chi connectivity index (χ2n) is 29.5. The van der Waals surface area contributed by atoms with Gasteiger partial charge in [-0.15, -0.1) is 0 Å². The van der Waals surface area contributed by atoms with E-state index in [4.69, 9.17) is 0 Å². The molecule has 0 aliphatic rings. The van der Waals surface area contributed by atoms with Gasteiger partial charge in [0.05, 0.1) is 0 Å². The molecule has 0 fully saturated rings. The normalized spacial score (nSPS) is 10.3. The first-order chi connectivity index (χ1) is 53.0. The van der Waals surface area contributed by atoms with Crippen molar-refractivity contribution in [3.05, 3.63) is 441 Å². The molecule has 0 amide bonds. The molecule has 0 N–H and O–H groups in total. The minimum atomic E-state index is 1.29. The van der Waals surface area contributed by atoms with Crippen LogP contribution in [0.2, 0.25) is 0 Å². The van der Waals surface area contributed by atoms with Crippen molar-refractivity contribution in [2.45, 2.75) is 111 Å². The standard InChI is InChI=1S/2C14H13N.4C14H14.3C8H10/c1-10-7-8-14-12(9-10)11-5-3-4-6-13(11)15(14)2;1-10-7-8-12-11-5-3-4-6-13(11)15(2)14(12)9-10;1-11-3-7-13(8-4-11)14-9-5-12(2)6-10-14;1-11-5-3-7-13(9-11)14-8-4-6-12(2)10-14;1-11-6-8-13(9-7-11)14-5-3-4-12(2)10-14;1-11-7-9-13(10-8-11)14-6-4-3-5-12(14)2;1-7-3-5-8(2)6-4-7;1-7-4-3-5-8(2)6-7;1-7-5-3-4-6-8(7)2/h2*3-9H,1-2H3;4*3-10H,1-2H3;3*3-6H,1-2H3. The second kappa shape index (κ2) is 40.7. The number of nitrogens with zero attached hydrogens (tertiary/aromatic N) is 2. The Bertz CT molecular complexity index is 5550. The van der Waals surface area contributed by atoms with E-state index < -0.39 is 0 Å². The molecular formula is C108H112N2. The Balaban J connectivity index is 0.000000144. The molecule has 15 aromatic carbocycles. The van der Waals surface area contributed by atoms with Crippen LogP contribution in [-0.2, 0) is 14.1 Å². The largest absolute Gasteiger partial charge is 0.344 e. The van der Waals surface area contributed by atoms with Crippen molar-refractivity contribution < 1.29 is 0 Å². The van der Waals surface area contributed by atoms with E-state index in [1.807, 2.05) is 0 Å². The van der Waals surface area contributed by atoms with E-state index in [2.05, 4.69) is 486 Å². The molecule has 110 heavy (non-hydrogen) atoms. The highest BCUT2D eigenvalue weighted by Crippen LogP contribution is 2.31. The van der Waals surface area contributed by atoms with Gasteiger partial charge < -0.3 is 9.13 Å². The average molecular weight is 1440 g/mol. The summed E-state index contributed by atoms with van der Waals surface area (Å²) in [7, 11) is 4.25. The quantitative estimate of drug-likeness (QED) is 0.166. The van der Waals surface area contributed by atoms with E-state index in [0.717, 1.165) is 0 Å². The summed E-state index contributed by atoms with van der Waals surface area (Å²) in [6, 6.07) is 124. The third kappa shape index (κ3) is 24.5. The number of hydrogen-bond acceptors (Lipinski definition) is 0. The van der Waals surface area contributed by atoms with Gasteiger partial charge in [-0.3, -0.25) is 0 Å². The van der Waals surface area contributed by atoms with Crippen molar-refractivity contribution in [2.75, 3.05) is 0 Å². The Morgan fingerprint density at radius 3 is 0.791 bits per heavy atom. The zero-order valence-electron chi connectivity index (χ0n) is 68.4. The number of rotatable bonds is 4. The lowest BCUT2D eigenvalue weighted by Crippen LogP contribution is -1.86. The molecule has 2 aromatic heterocycles. The molecule has 0 spiro atoms. The maximum absolute atomic E-state index is 2.26. The Kier molecular flexibility index (Phi) is 30.4. The fourth-order valence-corrected chi connectivity index (χ4v) is 13.0. The van der Waals surface area contributed by atoms with Gasteiger partial charge in [0.25, 0.3) is 0 Å². The van der Waals surface area contributed by atoms with Crippen LogP contribution in [0.15, 0.2) is 352 Å². The maximum atomic E-state index is 2.26. The molecule has 2 heteroatoms. The summed E-state index contributed by atoms with van der Waals surface area (Å²) < 4.78 is 4.52. The highest BCUT2D eigenvalue weighted by Gasteiger charge is 2.09. The predicted molar refractivity (Wildman–Crippen MR) is 483 cm³/mol. The number of para-hydroxylation sites is 2. The number of fused-ring (bicyclic) bond motifs is 6. The molecule has 0 saturated carbocycles. The zero-order valence-corrected chi connectivity index (χ0v) is 68.4. The Morgan fingerprint density at radius 1 is 0.145 bits per heavy atom. The number of aryl methyl sites for hydroxylation is 18. The number of hydrogen-bond donors (Lipinski definition) is 0. The number of benzene rings is 15. The highest BCUT2D eigenvalue weighted by atomic mass is 14.9. The molecule has 554 valence electrons. The van der Waals surface area contributed by atoms with Crippen LogP contribution in [0.5, 0.6) is 0 Å². The van der Waals surface area contributed by atoms with E-state index in [1.165, 1.54) is 177 Å². The fraction of sp³-hybridized carbons (Fsp3) is 0.167. The minimum absolute atomic E-state index is 1.29. The molecule has 0 radical (unpaired) electrons. The van der Waals surface area contributed by atoms with Gasteiger partial charge in [-0.2, -0.15) is 0 Å². The van der Waals surface area contributed by atoms with E-state index >= 15 is 0 Å². The number of aromatic nitrogens is 2. The van der Waals surface area contributed by atoms with Gasteiger partial charge in [0.1, 0.15) is 0 Å². The van der Waals surface area contributed by atoms with Gasteiger partial charge >= 0.3 is 0 Å². The molecule has 2 nitrogen and oxygen atoms in total. The lowest BCUT2D eigenvalue weighted by atomic mass is 10.00. The first-order valence-corrected chi connectivity index (χ1v) is 38.5. The summed E-state index contributed by atoms with van der Waals surface area (Å²) >= 11 is 0. The van der Waals surface area contributed by atoms with Crippen molar-refractivity contribution in [3.8, 4) is 44.5 Å². The van der Waals surface area contributed by atoms with Crippen LogP contribution in [0.1, 0.15) is 89.0 Å². The predicted octanol–water partition coefficient (Wildman–Crippen LogP) is 30.1. The van der Waals surface area contributed by atoms with Crippen molar-refractivity contribution in [2.24, 2.45) is 14.1 Å². The molecule has 17 aromatic rings. The van der Waals surface area contributed by atoms with Gasteiger partial charge in [-0.1, -0.05) is 388 Å². The summed E-state index contributed by atoms with van der Waals surface area (Å²) in [6.45, 7) is 33.9. The Hall–Kier alpha value is -12.1. The fourth-order valence-electron chi connectivity index (χ4n) is 13.0. The van der Waals surface area contributed by atoms with Gasteiger partial charge in [-0.05, 0) is 208 Å². The Labute approximate surface area is 658 Å². The molecule has 0 bridgehead atoms. The first-order valence-electron chi connectivity index (χ1n) is 38.5. The van der Waals surface area contributed by atoms with E-state index in [9.17, 15) is 0 Å². The van der Waals surface area contributed by atoms with E-state index in [-0.39, 0.29) is 0 Å². The molecule has 2 heterocycles.